The molecule has 0 bridgehead atoms. The first kappa shape index (κ1) is 52.1. The largest absolute Gasteiger partial charge is 0.461 e. The molecule has 1 saturated heterocycles. The SMILES string of the molecule is CC/C=C\C/C=C\C/C=C\C/C=C\C/C=C\CC(=O)OCC(COC1OC(CS(=O)(=O)O)C(O)C(O)C1O)OC(=O)C/C=C\C/C=C\C/C=C\C/C=C\C/C=C\CC. The molecule has 0 aliphatic carbocycles. The minimum absolute atomic E-state index is 0.0407. The maximum absolute atomic E-state index is 12.7. The Balaban J connectivity index is 2.65. The third kappa shape index (κ3) is 28.5. The first-order chi connectivity index (χ1) is 28.0. The lowest BCUT2D eigenvalue weighted by molar-refractivity contribution is -0.297. The van der Waals surface area contributed by atoms with Crippen molar-refractivity contribution in [2.75, 3.05) is 19.0 Å². The molecule has 0 saturated carbocycles. The van der Waals surface area contributed by atoms with Crippen LogP contribution in [-0.2, 0) is 38.7 Å². The van der Waals surface area contributed by atoms with Crippen LogP contribution >= 0.6 is 0 Å². The van der Waals surface area contributed by atoms with Gasteiger partial charge in [-0.3, -0.25) is 14.1 Å². The quantitative estimate of drug-likeness (QED) is 0.0319. The second-order valence-corrected chi connectivity index (χ2v) is 14.7. The van der Waals surface area contributed by atoms with Crippen molar-refractivity contribution in [2.45, 2.75) is 128 Å². The van der Waals surface area contributed by atoms with Crippen molar-refractivity contribution in [3.05, 3.63) is 122 Å². The Morgan fingerprint density at radius 2 is 0.931 bits per heavy atom. The fourth-order valence-corrected chi connectivity index (χ4v) is 5.75. The second kappa shape index (κ2) is 34.0. The molecule has 1 fully saturated rings. The lowest BCUT2D eigenvalue weighted by Crippen LogP contribution is -2.60. The van der Waals surface area contributed by atoms with Crippen LogP contribution in [0.4, 0.5) is 0 Å². The minimum atomic E-state index is -4.63. The van der Waals surface area contributed by atoms with Gasteiger partial charge in [0.25, 0.3) is 10.1 Å². The monoisotopic (exact) mass is 830 g/mol. The summed E-state index contributed by atoms with van der Waals surface area (Å²) in [5.41, 5.74) is 0. The molecule has 13 heteroatoms. The molecule has 1 heterocycles. The van der Waals surface area contributed by atoms with Crippen LogP contribution in [0.5, 0.6) is 0 Å². The molecular formula is C45H66O12S. The molecule has 1 aliphatic heterocycles. The summed E-state index contributed by atoms with van der Waals surface area (Å²) >= 11 is 0. The van der Waals surface area contributed by atoms with Crippen molar-refractivity contribution in [3.63, 3.8) is 0 Å². The summed E-state index contributed by atoms with van der Waals surface area (Å²) in [6.45, 7) is 3.31. The van der Waals surface area contributed by atoms with Gasteiger partial charge in [-0.25, -0.2) is 0 Å². The molecule has 0 radical (unpaired) electrons. The van der Waals surface area contributed by atoms with Gasteiger partial charge in [-0.2, -0.15) is 8.42 Å². The highest BCUT2D eigenvalue weighted by Gasteiger charge is 2.46. The molecule has 1 aliphatic rings. The maximum atomic E-state index is 12.7. The van der Waals surface area contributed by atoms with Crippen molar-refractivity contribution in [3.8, 4) is 0 Å². The smallest absolute Gasteiger partial charge is 0.310 e. The van der Waals surface area contributed by atoms with E-state index in [0.717, 1.165) is 51.4 Å². The van der Waals surface area contributed by atoms with E-state index in [-0.39, 0.29) is 12.8 Å². The Morgan fingerprint density at radius 1 is 0.552 bits per heavy atom. The molecule has 0 aromatic rings. The number of rotatable bonds is 30. The predicted molar refractivity (Wildman–Crippen MR) is 228 cm³/mol. The van der Waals surface area contributed by atoms with Crippen LogP contribution in [0.3, 0.4) is 0 Å². The lowest BCUT2D eigenvalue weighted by Gasteiger charge is -2.40. The predicted octanol–water partition coefficient (Wildman–Crippen LogP) is 7.44. The molecule has 0 aromatic carbocycles. The van der Waals surface area contributed by atoms with Crippen LogP contribution in [0.15, 0.2) is 122 Å². The number of hydrogen-bond donors (Lipinski definition) is 4. The maximum Gasteiger partial charge on any atom is 0.310 e. The van der Waals surface area contributed by atoms with Gasteiger partial charge in [-0.15, -0.1) is 0 Å². The van der Waals surface area contributed by atoms with E-state index in [9.17, 15) is 37.9 Å². The number of allylic oxidation sites excluding steroid dienone is 18. The van der Waals surface area contributed by atoms with Gasteiger partial charge in [0.15, 0.2) is 12.4 Å². The average Bonchev–Trinajstić information content (AvgIpc) is 3.18. The minimum Gasteiger partial charge on any atom is -0.461 e. The summed E-state index contributed by atoms with van der Waals surface area (Å²) in [7, 11) is -4.63. The van der Waals surface area contributed by atoms with Gasteiger partial charge >= 0.3 is 11.9 Å². The van der Waals surface area contributed by atoms with E-state index in [4.69, 9.17) is 18.9 Å². The van der Waals surface area contributed by atoms with E-state index in [2.05, 4.69) is 86.8 Å². The number of carbonyl (C=O) groups excluding carboxylic acids is 2. The molecule has 0 spiro atoms. The van der Waals surface area contributed by atoms with Gasteiger partial charge < -0.3 is 34.3 Å². The van der Waals surface area contributed by atoms with Gasteiger partial charge in [0, 0.05) is 0 Å². The van der Waals surface area contributed by atoms with Crippen molar-refractivity contribution < 1.29 is 56.8 Å². The van der Waals surface area contributed by atoms with Gasteiger partial charge in [0.1, 0.15) is 36.8 Å². The number of hydrogen-bond acceptors (Lipinski definition) is 11. The van der Waals surface area contributed by atoms with Crippen molar-refractivity contribution in [2.24, 2.45) is 0 Å². The van der Waals surface area contributed by atoms with Gasteiger partial charge in [0.05, 0.1) is 19.4 Å². The molecule has 6 atom stereocenters. The third-order valence-electron chi connectivity index (χ3n) is 8.10. The molecule has 0 amide bonds. The van der Waals surface area contributed by atoms with E-state index in [1.165, 1.54) is 0 Å². The topological polar surface area (TPSA) is 186 Å². The number of esters is 2. The van der Waals surface area contributed by atoms with Gasteiger partial charge in [0.2, 0.25) is 0 Å². The molecule has 1 rings (SSSR count). The summed E-state index contributed by atoms with van der Waals surface area (Å²) in [6, 6.07) is 0. The average molecular weight is 831 g/mol. The van der Waals surface area contributed by atoms with Crippen LogP contribution in [0.1, 0.15) is 90.9 Å². The number of ether oxygens (including phenoxy) is 4. The Morgan fingerprint density at radius 3 is 1.33 bits per heavy atom. The zero-order valence-corrected chi connectivity index (χ0v) is 34.9. The van der Waals surface area contributed by atoms with E-state index >= 15 is 0 Å². The second-order valence-electron chi connectivity index (χ2n) is 13.2. The van der Waals surface area contributed by atoms with Crippen LogP contribution < -0.4 is 0 Å². The normalized spacial score (nSPS) is 21.7. The Hall–Kier alpha value is -3.95. The number of carbonyl (C=O) groups is 2. The zero-order valence-electron chi connectivity index (χ0n) is 34.1. The molecule has 0 aromatic heterocycles. The van der Waals surface area contributed by atoms with E-state index in [1.807, 2.05) is 30.4 Å². The highest BCUT2D eigenvalue weighted by Crippen LogP contribution is 2.23. The van der Waals surface area contributed by atoms with E-state index in [0.29, 0.717) is 12.8 Å². The number of aliphatic hydroxyl groups excluding tert-OH is 3. The summed E-state index contributed by atoms with van der Waals surface area (Å²) in [4.78, 5) is 25.2. The standard InChI is InChI=1S/C45H66O12S/c1-3-5-7-9-11-13-15-17-19-21-23-25-27-29-31-33-40(46)54-35-38(36-55-45-44(50)43(49)42(48)39(57-45)37-58(51,52)53)56-41(47)34-32-30-28-26-24-22-20-18-16-14-12-10-8-6-4-2/h5-8,11-14,17-20,23-26,29-32,38-39,42-45,48-50H,3-4,9-10,15-16,21-22,27-28,33-37H2,1-2H3,(H,51,52,53)/b7-5-,8-6-,13-11-,14-12-,19-17-,20-18-,25-23-,26-24-,31-29-,32-30-. The molecule has 58 heavy (non-hydrogen) atoms. The van der Waals surface area contributed by atoms with E-state index < -0.39 is 77.8 Å². The summed E-state index contributed by atoms with van der Waals surface area (Å²) < 4.78 is 53.6. The fraction of sp³-hybridized carbons (Fsp3) is 0.511. The number of aliphatic hydroxyl groups is 3. The van der Waals surface area contributed by atoms with Crippen LogP contribution in [0.2, 0.25) is 0 Å². The summed E-state index contributed by atoms with van der Waals surface area (Å²) in [6.07, 6.45) is 38.8. The summed E-state index contributed by atoms with van der Waals surface area (Å²) in [5, 5.41) is 30.8. The van der Waals surface area contributed by atoms with Crippen LogP contribution in [0.25, 0.3) is 0 Å². The molecule has 6 unspecified atom stereocenters. The van der Waals surface area contributed by atoms with Crippen molar-refractivity contribution in [1.82, 2.24) is 0 Å². The molecule has 4 N–H and O–H groups in total. The molecular weight excluding hydrogens is 765 g/mol. The summed E-state index contributed by atoms with van der Waals surface area (Å²) in [5.74, 6) is -2.33. The van der Waals surface area contributed by atoms with Crippen LogP contribution in [-0.4, -0.2) is 96.0 Å². The first-order valence-corrected chi connectivity index (χ1v) is 21.7. The van der Waals surface area contributed by atoms with Crippen molar-refractivity contribution >= 4 is 22.1 Å². The Labute approximate surface area is 346 Å². The lowest BCUT2D eigenvalue weighted by atomic mass is 10.00. The highest BCUT2D eigenvalue weighted by molar-refractivity contribution is 7.85. The fourth-order valence-electron chi connectivity index (χ4n) is 5.06. The Bertz CT molecular complexity index is 1530. The highest BCUT2D eigenvalue weighted by atomic mass is 32.2. The van der Waals surface area contributed by atoms with E-state index in [1.54, 1.807) is 18.2 Å². The van der Waals surface area contributed by atoms with Gasteiger partial charge in [-0.05, 0) is 64.2 Å². The first-order valence-electron chi connectivity index (χ1n) is 20.1. The molecule has 324 valence electrons. The van der Waals surface area contributed by atoms with Gasteiger partial charge in [-0.1, -0.05) is 135 Å². The zero-order chi connectivity index (χ0) is 42.7. The van der Waals surface area contributed by atoms with Crippen molar-refractivity contribution in [1.29, 1.82) is 0 Å². The third-order valence-corrected chi connectivity index (χ3v) is 8.85. The molecule has 12 nitrogen and oxygen atoms in total. The van der Waals surface area contributed by atoms with Crippen LogP contribution in [0, 0.1) is 0 Å². The Kier molecular flexibility index (Phi) is 30.5.